The van der Waals surface area contributed by atoms with E-state index in [2.05, 4.69) is 9.71 Å². The highest BCUT2D eigenvalue weighted by Gasteiger charge is 2.14. The molecule has 0 unspecified atom stereocenters. The van der Waals surface area contributed by atoms with E-state index in [0.29, 0.717) is 5.56 Å². The molecule has 0 spiro atoms. The number of pyridine rings is 1. The van der Waals surface area contributed by atoms with Gasteiger partial charge in [-0.25, -0.2) is 18.3 Å². The van der Waals surface area contributed by atoms with Crippen LogP contribution in [-0.2, 0) is 15.8 Å². The summed E-state index contributed by atoms with van der Waals surface area (Å²) in [5.41, 5.74) is 1.79. The fraction of sp³-hybridized carbons (Fsp3) is 0.0769. The molecule has 0 aliphatic heterocycles. The zero-order chi connectivity index (χ0) is 16.2. The van der Waals surface area contributed by atoms with Gasteiger partial charge in [-0.15, -0.1) is 12.4 Å². The topological polar surface area (TPSA) is 108 Å². The van der Waals surface area contributed by atoms with Crippen LogP contribution in [-0.4, -0.2) is 24.5 Å². The number of amides is 1. The number of carbonyl (C=O) groups is 1. The second-order valence-corrected chi connectivity index (χ2v) is 6.08. The summed E-state index contributed by atoms with van der Waals surface area (Å²) >= 11 is 0. The van der Waals surface area contributed by atoms with E-state index in [9.17, 15) is 17.6 Å². The number of sulfonamides is 1. The van der Waals surface area contributed by atoms with Crippen LogP contribution >= 0.6 is 12.4 Å². The number of nitrogens with one attached hydrogen (secondary N) is 2. The van der Waals surface area contributed by atoms with Crippen LogP contribution in [0.15, 0.2) is 42.6 Å². The number of hydroxylamine groups is 1. The van der Waals surface area contributed by atoms with Crippen LogP contribution in [0.5, 0.6) is 0 Å². The molecule has 124 valence electrons. The quantitative estimate of drug-likeness (QED) is 0.555. The monoisotopic (exact) mass is 361 g/mol. The van der Waals surface area contributed by atoms with Crippen molar-refractivity contribution in [3.63, 3.8) is 0 Å². The van der Waals surface area contributed by atoms with Crippen molar-refractivity contribution in [2.24, 2.45) is 0 Å². The number of hydrogen-bond donors (Lipinski definition) is 3. The molecule has 23 heavy (non-hydrogen) atoms. The number of carbonyl (C=O) groups excluding carboxylic acids is 1. The molecular weight excluding hydrogens is 349 g/mol. The zero-order valence-corrected chi connectivity index (χ0v) is 13.2. The van der Waals surface area contributed by atoms with E-state index < -0.39 is 21.7 Å². The minimum atomic E-state index is -3.74. The third-order valence-corrected chi connectivity index (χ3v) is 3.90. The SMILES string of the molecule is Cl.O=C(NO)c1cc(NS(=O)(=O)Cc2ccc(F)cc2)ccn1. The van der Waals surface area contributed by atoms with Gasteiger partial charge in [-0.05, 0) is 29.8 Å². The van der Waals surface area contributed by atoms with Gasteiger partial charge in [-0.2, -0.15) is 0 Å². The van der Waals surface area contributed by atoms with Crippen molar-refractivity contribution in [3.8, 4) is 0 Å². The normalized spacial score (nSPS) is 10.5. The summed E-state index contributed by atoms with van der Waals surface area (Å²) in [6, 6.07) is 7.60. The maximum absolute atomic E-state index is 12.8. The van der Waals surface area contributed by atoms with Gasteiger partial charge in [-0.1, -0.05) is 12.1 Å². The molecule has 0 atom stereocenters. The Morgan fingerprint density at radius 2 is 1.87 bits per heavy atom. The first-order valence-corrected chi connectivity index (χ1v) is 7.70. The number of rotatable bonds is 5. The molecule has 0 radical (unpaired) electrons. The number of halogens is 2. The second-order valence-electron chi connectivity index (χ2n) is 4.36. The van der Waals surface area contributed by atoms with Crippen molar-refractivity contribution in [3.05, 3.63) is 59.7 Å². The first kappa shape index (κ1) is 18.8. The summed E-state index contributed by atoms with van der Waals surface area (Å²) in [5, 5.41) is 8.52. The smallest absolute Gasteiger partial charge is 0.288 e. The van der Waals surface area contributed by atoms with Crippen molar-refractivity contribution < 1.29 is 22.8 Å². The molecule has 2 aromatic rings. The Balaban J connectivity index is 0.00000264. The van der Waals surface area contributed by atoms with Gasteiger partial charge in [0.1, 0.15) is 11.5 Å². The second kappa shape index (κ2) is 7.86. The Kier molecular flexibility index (Phi) is 6.43. The largest absolute Gasteiger partial charge is 0.293 e. The standard InChI is InChI=1S/C13H12FN3O4S.ClH/c14-10-3-1-9(2-4-10)8-22(20,21)17-11-5-6-15-12(7-11)13(18)16-19;/h1-7,19H,8H2,(H,15,17)(H,16,18);1H. The van der Waals surface area contributed by atoms with Crippen molar-refractivity contribution in [1.29, 1.82) is 0 Å². The minimum Gasteiger partial charge on any atom is -0.288 e. The van der Waals surface area contributed by atoms with E-state index >= 15 is 0 Å². The third-order valence-electron chi connectivity index (χ3n) is 2.64. The molecule has 0 fully saturated rings. The lowest BCUT2D eigenvalue weighted by Crippen LogP contribution is -2.21. The lowest BCUT2D eigenvalue weighted by molar-refractivity contribution is 0.0701. The molecule has 0 bridgehead atoms. The molecule has 2 rings (SSSR count). The van der Waals surface area contributed by atoms with E-state index in [0.717, 1.165) is 0 Å². The van der Waals surface area contributed by atoms with Gasteiger partial charge >= 0.3 is 0 Å². The van der Waals surface area contributed by atoms with Gasteiger partial charge in [0.25, 0.3) is 5.91 Å². The molecule has 1 amide bonds. The maximum Gasteiger partial charge on any atom is 0.293 e. The molecule has 1 aromatic carbocycles. The Labute approximate surface area is 138 Å². The molecule has 0 saturated carbocycles. The van der Waals surface area contributed by atoms with Crippen molar-refractivity contribution >= 4 is 34.0 Å². The molecule has 0 saturated heterocycles. The van der Waals surface area contributed by atoms with Crippen LogP contribution in [0.2, 0.25) is 0 Å². The van der Waals surface area contributed by atoms with Gasteiger partial charge in [0.2, 0.25) is 10.0 Å². The van der Waals surface area contributed by atoms with Gasteiger partial charge in [-0.3, -0.25) is 19.7 Å². The third kappa shape index (κ3) is 5.47. The van der Waals surface area contributed by atoms with Gasteiger partial charge in [0, 0.05) is 6.20 Å². The molecule has 10 heteroatoms. The van der Waals surface area contributed by atoms with E-state index in [-0.39, 0.29) is 29.5 Å². The molecule has 0 aliphatic carbocycles. The van der Waals surface area contributed by atoms with Crippen LogP contribution in [0, 0.1) is 5.82 Å². The molecule has 0 aliphatic rings. The lowest BCUT2D eigenvalue weighted by Gasteiger charge is -2.09. The van der Waals surface area contributed by atoms with E-state index in [1.807, 2.05) is 0 Å². The zero-order valence-electron chi connectivity index (χ0n) is 11.6. The van der Waals surface area contributed by atoms with E-state index in [1.54, 1.807) is 0 Å². The van der Waals surface area contributed by atoms with Gasteiger partial charge < -0.3 is 0 Å². The predicted octanol–water partition coefficient (Wildman–Crippen LogP) is 1.70. The van der Waals surface area contributed by atoms with Crippen LogP contribution in [0.4, 0.5) is 10.1 Å². The van der Waals surface area contributed by atoms with Crippen molar-refractivity contribution in [1.82, 2.24) is 10.5 Å². The van der Waals surface area contributed by atoms with Crippen LogP contribution in [0.3, 0.4) is 0 Å². The Bertz CT molecular complexity index is 784. The highest BCUT2D eigenvalue weighted by Crippen LogP contribution is 2.14. The highest BCUT2D eigenvalue weighted by molar-refractivity contribution is 7.91. The molecule has 7 nitrogen and oxygen atoms in total. The number of hydrogen-bond acceptors (Lipinski definition) is 5. The number of benzene rings is 1. The maximum atomic E-state index is 12.8. The first-order valence-electron chi connectivity index (χ1n) is 6.05. The number of aromatic nitrogens is 1. The van der Waals surface area contributed by atoms with E-state index in [4.69, 9.17) is 5.21 Å². The van der Waals surface area contributed by atoms with Crippen LogP contribution < -0.4 is 10.2 Å². The van der Waals surface area contributed by atoms with Gasteiger partial charge in [0.15, 0.2) is 0 Å². The highest BCUT2D eigenvalue weighted by atomic mass is 35.5. The summed E-state index contributed by atoms with van der Waals surface area (Å²) in [7, 11) is -3.74. The fourth-order valence-corrected chi connectivity index (χ4v) is 2.88. The summed E-state index contributed by atoms with van der Waals surface area (Å²) in [5.74, 6) is -1.67. The van der Waals surface area contributed by atoms with Crippen LogP contribution in [0.1, 0.15) is 16.1 Å². The molecule has 1 aromatic heterocycles. The van der Waals surface area contributed by atoms with Crippen molar-refractivity contribution in [2.45, 2.75) is 5.75 Å². The Morgan fingerprint density at radius 1 is 1.22 bits per heavy atom. The first-order chi connectivity index (χ1) is 10.4. The van der Waals surface area contributed by atoms with Gasteiger partial charge in [0.05, 0.1) is 11.4 Å². The minimum absolute atomic E-state index is 0. The summed E-state index contributed by atoms with van der Waals surface area (Å²) in [6.07, 6.45) is 1.22. The molecule has 3 N–H and O–H groups in total. The number of nitrogens with zero attached hydrogens (tertiary/aromatic N) is 1. The summed E-state index contributed by atoms with van der Waals surface area (Å²) in [4.78, 5) is 14.9. The average molecular weight is 362 g/mol. The lowest BCUT2D eigenvalue weighted by atomic mass is 10.2. The Hall–Kier alpha value is -2.23. The molecule has 1 heterocycles. The van der Waals surface area contributed by atoms with Crippen LogP contribution in [0.25, 0.3) is 0 Å². The average Bonchev–Trinajstić information content (AvgIpc) is 2.48. The summed E-state index contributed by atoms with van der Waals surface area (Å²) < 4.78 is 39.1. The fourth-order valence-electron chi connectivity index (χ4n) is 1.69. The van der Waals surface area contributed by atoms with Crippen molar-refractivity contribution in [2.75, 3.05) is 4.72 Å². The predicted molar refractivity (Wildman–Crippen MR) is 83.4 cm³/mol. The van der Waals surface area contributed by atoms with E-state index in [1.165, 1.54) is 48.1 Å². The summed E-state index contributed by atoms with van der Waals surface area (Å²) in [6.45, 7) is 0. The number of anilines is 1. The Morgan fingerprint density at radius 3 is 2.48 bits per heavy atom. The molecular formula is C13H13ClFN3O4S.